The predicted molar refractivity (Wildman–Crippen MR) is 386 cm³/mol. The number of benzene rings is 4. The number of nitrogens with one attached hydrogen (secondary N) is 3. The molecule has 99 heavy (non-hydrogen) atoms. The van der Waals surface area contributed by atoms with Gasteiger partial charge in [0, 0.05) is 66.8 Å². The molecule has 0 bridgehead atoms. The fraction of sp³-hybridized carbons (Fsp3) is 0.566. The minimum absolute atomic E-state index is 0.0398. The molecule has 23 heteroatoms. The zero-order valence-electron chi connectivity index (χ0n) is 61.3. The van der Waals surface area contributed by atoms with Crippen molar-refractivity contribution >= 4 is 61.7 Å². The van der Waals surface area contributed by atoms with E-state index in [0.717, 1.165) is 87.1 Å². The van der Waals surface area contributed by atoms with Gasteiger partial charge in [0.2, 0.25) is 35.4 Å². The Morgan fingerprint density at radius 1 is 0.495 bits per heavy atom. The molecule has 4 aromatic rings. The minimum Gasteiger partial charge on any atom is -0.461 e. The topological polar surface area (TPSA) is 246 Å². The summed E-state index contributed by atoms with van der Waals surface area (Å²) in [7, 11) is 5.35. The fourth-order valence-corrected chi connectivity index (χ4v) is 13.7. The summed E-state index contributed by atoms with van der Waals surface area (Å²) >= 11 is 0. The van der Waals surface area contributed by atoms with E-state index in [1.54, 1.807) is 58.5 Å². The van der Waals surface area contributed by atoms with Crippen LogP contribution in [0.2, 0.25) is 19.6 Å². The molecule has 3 heterocycles. The van der Waals surface area contributed by atoms with Gasteiger partial charge in [0.15, 0.2) is 0 Å². The third kappa shape index (κ3) is 27.6. The van der Waals surface area contributed by atoms with Gasteiger partial charge in [0.1, 0.15) is 57.3 Å². The molecular weight excluding hydrogens is 1270 g/mol. The van der Waals surface area contributed by atoms with Crippen molar-refractivity contribution in [2.24, 2.45) is 11.8 Å². The number of carbonyl (C=O) groups is 9. The summed E-state index contributed by atoms with van der Waals surface area (Å²) in [5, 5.41) is 8.70. The third-order valence-electron chi connectivity index (χ3n) is 17.7. The van der Waals surface area contributed by atoms with Crippen molar-refractivity contribution in [3.8, 4) is 0 Å². The zero-order chi connectivity index (χ0) is 72.8. The summed E-state index contributed by atoms with van der Waals surface area (Å²) in [6, 6.07) is 31.8. The second-order valence-corrected chi connectivity index (χ2v) is 33.4. The molecule has 3 saturated heterocycles. The standard InChI is InChI=1S/C37H52N4O7.C32H44N4O5.C7H17NOSi/c1-26(2)32(40(7)35(45)30(23-27-17-11-8-12-18-27)39(6)36(46)48-37(3,4)5)33(43)38-29(34(44)41-21-15-10-16-22-41)24-31(42)47-25-28-19-13-9-14-20-28;1-23(2)29(35(4)31(39)26(33-3)20-24-14-8-5-9-15-24)30(38)34-27(32(40)36-18-12-7-13-19-36)21-28(37)41-22-25-16-10-6-11-17-25;1-10(2,3)8-4-6-9-7-5-8/h8-9,11-14,17-20,26,29-30,32H,10,15-16,21-25H2,1-7H3,(H,38,43);5-6,8-11,14-17,23,26-27,29,33H,7,12-13,18-22H2,1-4H3,(H,34,38);4-7H2,1-3H3/t29-,30?,32-;26?,27-,29-;/m00./s1. The van der Waals surface area contributed by atoms with Gasteiger partial charge < -0.3 is 59.1 Å². The molecule has 0 aromatic heterocycles. The lowest BCUT2D eigenvalue weighted by molar-refractivity contribution is -0.151. The number of rotatable bonds is 27. The largest absolute Gasteiger partial charge is 0.461 e. The summed E-state index contributed by atoms with van der Waals surface area (Å²) in [6.07, 6.45) is 4.82. The van der Waals surface area contributed by atoms with Crippen LogP contribution < -0.4 is 16.0 Å². The van der Waals surface area contributed by atoms with Gasteiger partial charge >= 0.3 is 18.0 Å². The SMILES string of the molecule is CC(C)[C@@H](C(=O)N[C@@H](CC(=O)OCc1ccccc1)C(=O)N1CCCCC1)N(C)C(=O)C(Cc1ccccc1)N(C)C(=O)OC(C)(C)C.CNC(Cc1ccccc1)C(=O)N(C)[C@H](C(=O)N[C@@H](CC(=O)OCc1ccccc1)C(=O)N1CCCCC1)C(C)C.C[Si](C)(C)N1CCOCC1. The highest BCUT2D eigenvalue weighted by Gasteiger charge is 2.41. The zero-order valence-corrected chi connectivity index (χ0v) is 62.3. The van der Waals surface area contributed by atoms with Crippen LogP contribution in [-0.4, -0.2) is 213 Å². The Morgan fingerprint density at radius 2 is 0.859 bits per heavy atom. The van der Waals surface area contributed by atoms with Crippen molar-refractivity contribution in [3.05, 3.63) is 144 Å². The number of likely N-dealkylation sites (N-methyl/N-ethyl adjacent to an activating group) is 4. The Kier molecular flexibility index (Phi) is 33.8. The lowest BCUT2D eigenvalue weighted by Gasteiger charge is -2.37. The second-order valence-electron chi connectivity index (χ2n) is 28.5. The first-order chi connectivity index (χ1) is 47.0. The van der Waals surface area contributed by atoms with E-state index in [2.05, 4.69) is 40.2 Å². The number of hydrogen-bond acceptors (Lipinski definition) is 15. The number of morpholine rings is 1. The van der Waals surface area contributed by atoms with E-state index in [1.807, 2.05) is 135 Å². The van der Waals surface area contributed by atoms with Crippen molar-refractivity contribution in [2.75, 3.05) is 80.7 Å². The fourth-order valence-electron chi connectivity index (χ4n) is 12.2. The number of ether oxygens (including phenoxy) is 4. The van der Waals surface area contributed by atoms with Crippen LogP contribution in [0.1, 0.15) is 122 Å². The van der Waals surface area contributed by atoms with E-state index >= 15 is 0 Å². The first-order valence-corrected chi connectivity index (χ1v) is 38.6. The van der Waals surface area contributed by atoms with Crippen LogP contribution in [0.3, 0.4) is 0 Å². The molecule has 7 rings (SSSR count). The summed E-state index contributed by atoms with van der Waals surface area (Å²) in [5.41, 5.74) is 2.68. The van der Waals surface area contributed by atoms with Crippen LogP contribution in [0.5, 0.6) is 0 Å². The summed E-state index contributed by atoms with van der Waals surface area (Å²) in [4.78, 5) is 129. The Labute approximate surface area is 589 Å². The highest BCUT2D eigenvalue weighted by atomic mass is 28.3. The van der Waals surface area contributed by atoms with Crippen molar-refractivity contribution in [1.82, 2.24) is 45.0 Å². The predicted octanol–water partition coefficient (Wildman–Crippen LogP) is 8.66. The molecule has 0 spiro atoms. The smallest absolute Gasteiger partial charge is 0.410 e. The molecule has 6 atom stereocenters. The number of amides is 7. The second kappa shape index (κ2) is 40.9. The molecule has 22 nitrogen and oxygen atoms in total. The van der Waals surface area contributed by atoms with Crippen LogP contribution in [0.4, 0.5) is 4.79 Å². The minimum atomic E-state index is -1.17. The number of piperidine rings is 2. The lowest BCUT2D eigenvalue weighted by atomic mass is 9.98. The van der Waals surface area contributed by atoms with Gasteiger partial charge in [0.25, 0.3) is 0 Å². The molecule has 544 valence electrons. The van der Waals surface area contributed by atoms with Gasteiger partial charge in [-0.05, 0) is 107 Å². The Balaban J connectivity index is 0.000000315. The quantitative estimate of drug-likeness (QED) is 0.0287. The average molecular weight is 1390 g/mol. The molecule has 0 saturated carbocycles. The van der Waals surface area contributed by atoms with Gasteiger partial charge in [-0.15, -0.1) is 0 Å². The highest BCUT2D eigenvalue weighted by Crippen LogP contribution is 2.22. The van der Waals surface area contributed by atoms with Crippen molar-refractivity contribution in [3.63, 3.8) is 0 Å². The van der Waals surface area contributed by atoms with Gasteiger partial charge in [-0.25, -0.2) is 4.79 Å². The summed E-state index contributed by atoms with van der Waals surface area (Å²) in [5.74, 6) is -4.23. The molecule has 3 fully saturated rings. The number of hydrogen-bond donors (Lipinski definition) is 3. The Morgan fingerprint density at radius 3 is 1.20 bits per heavy atom. The first-order valence-electron chi connectivity index (χ1n) is 35.1. The van der Waals surface area contributed by atoms with E-state index in [-0.39, 0.29) is 62.0 Å². The molecule has 0 radical (unpaired) electrons. The van der Waals surface area contributed by atoms with Gasteiger partial charge in [-0.3, -0.25) is 43.3 Å². The molecule has 4 aromatic carbocycles. The molecule has 2 unspecified atom stereocenters. The van der Waals surface area contributed by atoms with Crippen molar-refractivity contribution < 1.29 is 62.1 Å². The molecular formula is C76H113N9O13Si. The van der Waals surface area contributed by atoms with E-state index in [0.29, 0.717) is 32.6 Å². The number of esters is 2. The normalized spacial score (nSPS) is 16.1. The maximum absolute atomic E-state index is 14.2. The van der Waals surface area contributed by atoms with E-state index in [9.17, 15) is 43.2 Å². The van der Waals surface area contributed by atoms with Crippen LogP contribution in [0.25, 0.3) is 0 Å². The van der Waals surface area contributed by atoms with E-state index in [4.69, 9.17) is 18.9 Å². The number of nitrogens with zero attached hydrogens (tertiary/aromatic N) is 6. The maximum atomic E-state index is 14.2. The summed E-state index contributed by atoms with van der Waals surface area (Å²) in [6.45, 7) is 26.2. The average Bonchev–Trinajstić information content (AvgIpc) is 0.820. The van der Waals surface area contributed by atoms with E-state index < -0.39 is 85.8 Å². The van der Waals surface area contributed by atoms with Crippen molar-refractivity contribution in [1.29, 1.82) is 0 Å². The third-order valence-corrected chi connectivity index (χ3v) is 20.1. The number of carbonyl (C=O) groups excluding carboxylic acids is 9. The van der Waals surface area contributed by atoms with E-state index in [1.165, 1.54) is 28.8 Å². The molecule has 7 amide bonds. The summed E-state index contributed by atoms with van der Waals surface area (Å²) < 4.78 is 24.4. The molecule has 3 aliphatic heterocycles. The van der Waals surface area contributed by atoms with Crippen LogP contribution in [0, 0.1) is 11.8 Å². The van der Waals surface area contributed by atoms with Crippen LogP contribution in [-0.2, 0) is 83.4 Å². The Bertz CT molecular complexity index is 3150. The highest BCUT2D eigenvalue weighted by molar-refractivity contribution is 6.73. The monoisotopic (exact) mass is 1390 g/mol. The molecule has 0 aliphatic carbocycles. The maximum Gasteiger partial charge on any atom is 0.410 e. The first kappa shape index (κ1) is 81.7. The van der Waals surface area contributed by atoms with Gasteiger partial charge in [-0.2, -0.15) is 0 Å². The van der Waals surface area contributed by atoms with Crippen LogP contribution in [0.15, 0.2) is 121 Å². The van der Waals surface area contributed by atoms with Crippen molar-refractivity contribution in [2.45, 2.75) is 187 Å². The van der Waals surface area contributed by atoms with Crippen LogP contribution >= 0.6 is 0 Å². The van der Waals surface area contributed by atoms with Gasteiger partial charge in [0.05, 0.1) is 32.1 Å². The lowest BCUT2D eigenvalue weighted by Crippen LogP contribution is -2.60. The Hall–Kier alpha value is -7.99. The number of likely N-dealkylation sites (tertiary alicyclic amines) is 2. The van der Waals surface area contributed by atoms with Gasteiger partial charge in [-0.1, -0.05) is 169 Å². The molecule has 3 aliphatic rings. The molecule has 3 N–H and O–H groups in total.